The first-order valence-corrected chi connectivity index (χ1v) is 5.54. The van der Waals surface area contributed by atoms with Gasteiger partial charge in [0.15, 0.2) is 5.82 Å². The minimum atomic E-state index is -0.717. The van der Waals surface area contributed by atoms with Crippen molar-refractivity contribution in [1.82, 2.24) is 9.97 Å². The van der Waals surface area contributed by atoms with Crippen molar-refractivity contribution in [2.24, 2.45) is 0 Å². The van der Waals surface area contributed by atoms with Gasteiger partial charge in [0, 0.05) is 11.6 Å². The van der Waals surface area contributed by atoms with Crippen LogP contribution in [0.1, 0.15) is 26.3 Å². The Labute approximate surface area is 104 Å². The largest absolute Gasteiger partial charge is 0.480 e. The Balaban J connectivity index is 2.90. The van der Waals surface area contributed by atoms with Gasteiger partial charge in [-0.2, -0.15) is 0 Å². The van der Waals surface area contributed by atoms with Crippen molar-refractivity contribution in [1.29, 1.82) is 0 Å². The molecule has 0 atom stereocenters. The molecule has 2 aromatic rings. The van der Waals surface area contributed by atoms with Crippen molar-refractivity contribution >= 4 is 11.0 Å². The van der Waals surface area contributed by atoms with Gasteiger partial charge in [-0.05, 0) is 5.41 Å². The lowest BCUT2D eigenvalue weighted by molar-refractivity contribution is 0.397. The number of aromatic nitrogens is 2. The van der Waals surface area contributed by atoms with Crippen LogP contribution in [-0.2, 0) is 5.41 Å². The van der Waals surface area contributed by atoms with Gasteiger partial charge >= 0.3 is 0 Å². The Morgan fingerprint density at radius 1 is 1.11 bits per heavy atom. The van der Waals surface area contributed by atoms with Crippen LogP contribution in [0.2, 0.25) is 0 Å². The van der Waals surface area contributed by atoms with Crippen LogP contribution in [0.15, 0.2) is 12.3 Å². The van der Waals surface area contributed by atoms with Gasteiger partial charge in [0.1, 0.15) is 16.9 Å². The van der Waals surface area contributed by atoms with Gasteiger partial charge in [0.25, 0.3) is 0 Å². The molecule has 96 valence electrons. The molecule has 2 rings (SSSR count). The summed E-state index contributed by atoms with van der Waals surface area (Å²) in [4.78, 5) is 8.05. The normalized spacial score (nSPS) is 11.9. The van der Waals surface area contributed by atoms with Gasteiger partial charge < -0.3 is 4.74 Å². The molecule has 18 heavy (non-hydrogen) atoms. The SMILES string of the molecule is COc1cnc2c(F)cc(F)c(C(C)(C)C)c2n1. The maximum atomic E-state index is 14.0. The average Bonchev–Trinajstić information content (AvgIpc) is 2.26. The summed E-state index contributed by atoms with van der Waals surface area (Å²) < 4.78 is 32.6. The van der Waals surface area contributed by atoms with Gasteiger partial charge in [-0.3, -0.25) is 0 Å². The van der Waals surface area contributed by atoms with Crippen LogP contribution in [0.3, 0.4) is 0 Å². The summed E-state index contributed by atoms with van der Waals surface area (Å²) in [6, 6.07) is 0.851. The highest BCUT2D eigenvalue weighted by Crippen LogP contribution is 2.32. The van der Waals surface area contributed by atoms with E-state index in [2.05, 4.69) is 9.97 Å². The Morgan fingerprint density at radius 2 is 1.78 bits per heavy atom. The number of halogens is 2. The third-order valence-corrected chi connectivity index (χ3v) is 2.66. The highest BCUT2D eigenvalue weighted by Gasteiger charge is 2.25. The summed E-state index contributed by atoms with van der Waals surface area (Å²) in [5.74, 6) is -1.10. The van der Waals surface area contributed by atoms with Crippen molar-refractivity contribution in [2.75, 3.05) is 7.11 Å². The Hall–Kier alpha value is -1.78. The smallest absolute Gasteiger partial charge is 0.232 e. The molecule has 1 aromatic carbocycles. The molecule has 0 aliphatic carbocycles. The second-order valence-corrected chi connectivity index (χ2v) is 5.07. The molecule has 0 spiro atoms. The number of benzene rings is 1. The van der Waals surface area contributed by atoms with Crippen LogP contribution < -0.4 is 4.74 Å². The van der Waals surface area contributed by atoms with E-state index in [4.69, 9.17) is 4.74 Å². The monoisotopic (exact) mass is 252 g/mol. The first kappa shape index (κ1) is 12.7. The minimum Gasteiger partial charge on any atom is -0.480 e. The Bertz CT molecular complexity index is 606. The van der Waals surface area contributed by atoms with E-state index in [-0.39, 0.29) is 16.9 Å². The predicted molar refractivity (Wildman–Crippen MR) is 64.7 cm³/mol. The fourth-order valence-electron chi connectivity index (χ4n) is 1.90. The van der Waals surface area contributed by atoms with E-state index in [1.165, 1.54) is 13.3 Å². The summed E-state index contributed by atoms with van der Waals surface area (Å²) in [5.41, 5.74) is 0.101. The van der Waals surface area contributed by atoms with Crippen molar-refractivity contribution in [3.05, 3.63) is 29.5 Å². The van der Waals surface area contributed by atoms with E-state index in [9.17, 15) is 8.78 Å². The van der Waals surface area contributed by atoms with E-state index in [1.54, 1.807) is 0 Å². The average molecular weight is 252 g/mol. The molecular weight excluding hydrogens is 238 g/mol. The Morgan fingerprint density at radius 3 is 2.33 bits per heavy atom. The third-order valence-electron chi connectivity index (χ3n) is 2.66. The zero-order chi connectivity index (χ0) is 13.5. The van der Waals surface area contributed by atoms with Crippen molar-refractivity contribution in [2.45, 2.75) is 26.2 Å². The van der Waals surface area contributed by atoms with Crippen LogP contribution >= 0.6 is 0 Å². The molecule has 0 saturated heterocycles. The van der Waals surface area contributed by atoms with Gasteiger partial charge in [-0.1, -0.05) is 20.8 Å². The van der Waals surface area contributed by atoms with Crippen LogP contribution in [-0.4, -0.2) is 17.1 Å². The van der Waals surface area contributed by atoms with E-state index < -0.39 is 17.0 Å². The molecule has 0 fully saturated rings. The molecule has 0 amide bonds. The molecule has 0 bridgehead atoms. The molecule has 0 aliphatic rings. The van der Waals surface area contributed by atoms with E-state index in [1.807, 2.05) is 20.8 Å². The molecule has 0 radical (unpaired) electrons. The number of hydrogen-bond donors (Lipinski definition) is 0. The quantitative estimate of drug-likeness (QED) is 0.781. The highest BCUT2D eigenvalue weighted by atomic mass is 19.1. The van der Waals surface area contributed by atoms with Crippen LogP contribution in [0.4, 0.5) is 8.78 Å². The van der Waals surface area contributed by atoms with Crippen molar-refractivity contribution < 1.29 is 13.5 Å². The standard InChI is InChI=1S/C13H14F2N2O/c1-13(2,3)10-7(14)5-8(15)11-12(10)17-9(18-4)6-16-11/h5-6H,1-4H3. The molecule has 3 nitrogen and oxygen atoms in total. The fraction of sp³-hybridized carbons (Fsp3) is 0.385. The topological polar surface area (TPSA) is 35.0 Å². The first-order valence-electron chi connectivity index (χ1n) is 5.54. The number of rotatable bonds is 1. The maximum Gasteiger partial charge on any atom is 0.232 e. The fourth-order valence-corrected chi connectivity index (χ4v) is 1.90. The van der Waals surface area contributed by atoms with Crippen LogP contribution in [0, 0.1) is 11.6 Å². The molecule has 0 saturated carbocycles. The minimum absolute atomic E-state index is 0.0575. The number of hydrogen-bond acceptors (Lipinski definition) is 3. The second-order valence-electron chi connectivity index (χ2n) is 5.07. The van der Waals surface area contributed by atoms with Crippen molar-refractivity contribution in [3.8, 4) is 5.88 Å². The van der Waals surface area contributed by atoms with Crippen LogP contribution in [0.25, 0.3) is 11.0 Å². The summed E-state index contributed by atoms with van der Waals surface area (Å²) in [6.07, 6.45) is 1.32. The summed E-state index contributed by atoms with van der Waals surface area (Å²) in [5, 5.41) is 0. The van der Waals surface area contributed by atoms with Crippen LogP contribution in [0.5, 0.6) is 5.88 Å². The van der Waals surface area contributed by atoms with E-state index in [0.29, 0.717) is 5.56 Å². The number of ether oxygens (including phenoxy) is 1. The maximum absolute atomic E-state index is 14.0. The molecule has 1 heterocycles. The Kier molecular flexibility index (Phi) is 2.92. The lowest BCUT2D eigenvalue weighted by Crippen LogP contribution is -2.16. The lowest BCUT2D eigenvalue weighted by Gasteiger charge is -2.21. The molecule has 5 heteroatoms. The third kappa shape index (κ3) is 2.00. The second kappa shape index (κ2) is 4.15. The van der Waals surface area contributed by atoms with Gasteiger partial charge in [0.05, 0.1) is 13.3 Å². The van der Waals surface area contributed by atoms with Gasteiger partial charge in [-0.25, -0.2) is 18.7 Å². The lowest BCUT2D eigenvalue weighted by atomic mass is 9.85. The number of nitrogens with zero attached hydrogens (tertiary/aromatic N) is 2. The highest BCUT2D eigenvalue weighted by molar-refractivity contribution is 5.80. The van der Waals surface area contributed by atoms with Gasteiger partial charge in [-0.15, -0.1) is 0 Å². The zero-order valence-electron chi connectivity index (χ0n) is 10.7. The predicted octanol–water partition coefficient (Wildman–Crippen LogP) is 3.21. The molecule has 0 unspecified atom stereocenters. The molecule has 1 aromatic heterocycles. The summed E-state index contributed by atoms with van der Waals surface area (Å²) >= 11 is 0. The molecular formula is C13H14F2N2O. The summed E-state index contributed by atoms with van der Waals surface area (Å²) in [7, 11) is 1.43. The number of methoxy groups -OCH3 is 1. The first-order chi connectivity index (χ1) is 8.34. The molecule has 0 aliphatic heterocycles. The van der Waals surface area contributed by atoms with E-state index in [0.717, 1.165) is 6.07 Å². The van der Waals surface area contributed by atoms with Crippen molar-refractivity contribution in [3.63, 3.8) is 0 Å². The van der Waals surface area contributed by atoms with E-state index >= 15 is 0 Å². The zero-order valence-corrected chi connectivity index (χ0v) is 10.7. The molecule has 0 N–H and O–H groups in total. The number of fused-ring (bicyclic) bond motifs is 1. The summed E-state index contributed by atoms with van der Waals surface area (Å²) in [6.45, 7) is 5.51. The van der Waals surface area contributed by atoms with Gasteiger partial charge in [0.2, 0.25) is 5.88 Å².